The maximum Gasteiger partial charge on any atom is 0.248 e. The van der Waals surface area contributed by atoms with Gasteiger partial charge in [-0.3, -0.25) is 4.79 Å². The average Bonchev–Trinajstić information content (AvgIpc) is 2.54. The molecule has 1 N–H and O–H groups in total. The van der Waals surface area contributed by atoms with E-state index in [9.17, 15) is 4.79 Å². The molecule has 0 saturated carbocycles. The summed E-state index contributed by atoms with van der Waals surface area (Å²) >= 11 is 1.69. The molecule has 2 rings (SSSR count). The number of methoxy groups -OCH3 is 1. The van der Waals surface area contributed by atoms with Gasteiger partial charge >= 0.3 is 0 Å². The van der Waals surface area contributed by atoms with Gasteiger partial charge in [0.25, 0.3) is 0 Å². The van der Waals surface area contributed by atoms with E-state index in [1.807, 2.05) is 30.5 Å². The Bertz CT molecular complexity index is 618. The second-order valence-electron chi connectivity index (χ2n) is 4.32. The Balaban J connectivity index is 1.94. The first-order valence-electron chi connectivity index (χ1n) is 6.48. The molecule has 0 bridgehead atoms. The number of rotatable bonds is 5. The van der Waals surface area contributed by atoms with Crippen LogP contribution in [0.3, 0.4) is 0 Å². The number of ether oxygens (including phenoxy) is 1. The van der Waals surface area contributed by atoms with Crippen LogP contribution in [0.4, 0.5) is 5.69 Å². The van der Waals surface area contributed by atoms with E-state index in [2.05, 4.69) is 5.32 Å². The minimum Gasteiger partial charge on any atom is -0.497 e. The van der Waals surface area contributed by atoms with Crippen LogP contribution in [0.2, 0.25) is 0 Å². The van der Waals surface area contributed by atoms with Gasteiger partial charge in [-0.1, -0.05) is 12.1 Å². The number of anilines is 1. The van der Waals surface area contributed by atoms with Crippen molar-refractivity contribution in [3.63, 3.8) is 0 Å². The Morgan fingerprint density at radius 2 is 1.76 bits per heavy atom. The molecular weight excluding hydrogens is 282 g/mol. The van der Waals surface area contributed by atoms with Crippen molar-refractivity contribution in [1.82, 2.24) is 0 Å². The smallest absolute Gasteiger partial charge is 0.248 e. The molecule has 108 valence electrons. The normalized spacial score (nSPS) is 10.6. The molecule has 0 atom stereocenters. The van der Waals surface area contributed by atoms with E-state index >= 15 is 0 Å². The molecule has 0 aliphatic heterocycles. The molecule has 0 radical (unpaired) electrons. The molecule has 1 amide bonds. The first-order valence-corrected chi connectivity index (χ1v) is 7.71. The number of hydrogen-bond acceptors (Lipinski definition) is 3. The van der Waals surface area contributed by atoms with Gasteiger partial charge in [-0.2, -0.15) is 0 Å². The first kappa shape index (κ1) is 15.2. The summed E-state index contributed by atoms with van der Waals surface area (Å²) < 4.78 is 5.07. The molecule has 0 fully saturated rings. The summed E-state index contributed by atoms with van der Waals surface area (Å²) in [6.07, 6.45) is 5.36. The first-order chi connectivity index (χ1) is 10.2. The molecule has 3 nitrogen and oxygen atoms in total. The lowest BCUT2D eigenvalue weighted by molar-refractivity contribution is -0.111. The quantitative estimate of drug-likeness (QED) is 0.668. The van der Waals surface area contributed by atoms with Crippen molar-refractivity contribution in [3.05, 3.63) is 60.2 Å². The second kappa shape index (κ2) is 7.55. The number of carbonyl (C=O) groups excluding carboxylic acids is 1. The monoisotopic (exact) mass is 299 g/mol. The Morgan fingerprint density at radius 3 is 2.33 bits per heavy atom. The minimum absolute atomic E-state index is 0.158. The van der Waals surface area contributed by atoms with Crippen LogP contribution in [0.5, 0.6) is 5.75 Å². The van der Waals surface area contributed by atoms with Crippen molar-refractivity contribution in [2.75, 3.05) is 18.7 Å². The van der Waals surface area contributed by atoms with Crippen LogP contribution in [0.1, 0.15) is 5.56 Å². The Hall–Kier alpha value is -2.20. The van der Waals surface area contributed by atoms with Crippen LogP contribution in [-0.4, -0.2) is 19.3 Å². The molecule has 0 saturated heterocycles. The Morgan fingerprint density at radius 1 is 1.10 bits per heavy atom. The third kappa shape index (κ3) is 4.68. The molecule has 0 aliphatic rings. The summed E-state index contributed by atoms with van der Waals surface area (Å²) in [6.45, 7) is 0. The standard InChI is InChI=1S/C17H17NO2S/c1-20-15-8-6-14(7-9-15)18-17(19)12-5-13-3-10-16(21-2)11-4-13/h3-12H,1-2H3,(H,18,19)/b12-5+. The van der Waals surface area contributed by atoms with Gasteiger partial charge in [-0.05, 0) is 54.3 Å². The molecule has 0 heterocycles. The van der Waals surface area contributed by atoms with Crippen LogP contribution in [0.25, 0.3) is 6.08 Å². The topological polar surface area (TPSA) is 38.3 Å². The van der Waals surface area contributed by atoms with Gasteiger partial charge in [0, 0.05) is 16.7 Å². The fraction of sp³-hybridized carbons (Fsp3) is 0.118. The molecule has 2 aromatic rings. The summed E-state index contributed by atoms with van der Waals surface area (Å²) in [6, 6.07) is 15.3. The zero-order valence-corrected chi connectivity index (χ0v) is 12.8. The lowest BCUT2D eigenvalue weighted by Gasteiger charge is -2.03. The van der Waals surface area contributed by atoms with Gasteiger partial charge in [-0.25, -0.2) is 0 Å². The number of nitrogens with one attached hydrogen (secondary N) is 1. The molecule has 4 heteroatoms. The summed E-state index contributed by atoms with van der Waals surface area (Å²) in [5.41, 5.74) is 1.74. The lowest BCUT2D eigenvalue weighted by Crippen LogP contribution is -2.07. The third-order valence-corrected chi connectivity index (χ3v) is 3.64. The van der Waals surface area contributed by atoms with E-state index in [-0.39, 0.29) is 5.91 Å². The summed E-state index contributed by atoms with van der Waals surface area (Å²) in [4.78, 5) is 13.0. The van der Waals surface area contributed by atoms with E-state index in [0.717, 1.165) is 17.0 Å². The molecule has 0 aromatic heterocycles. The predicted octanol–water partition coefficient (Wildman–Crippen LogP) is 4.07. The SMILES string of the molecule is COc1ccc(NC(=O)/C=C/c2ccc(SC)cc2)cc1. The van der Waals surface area contributed by atoms with Crippen molar-refractivity contribution in [3.8, 4) is 5.75 Å². The number of amides is 1. The van der Waals surface area contributed by atoms with Crippen molar-refractivity contribution in [2.24, 2.45) is 0 Å². The summed E-state index contributed by atoms with van der Waals surface area (Å²) in [5, 5.41) is 2.80. The fourth-order valence-corrected chi connectivity index (χ4v) is 2.15. The van der Waals surface area contributed by atoms with E-state index < -0.39 is 0 Å². The van der Waals surface area contributed by atoms with Gasteiger partial charge in [0.1, 0.15) is 5.75 Å². The highest BCUT2D eigenvalue weighted by Crippen LogP contribution is 2.16. The molecule has 0 aliphatic carbocycles. The number of hydrogen-bond donors (Lipinski definition) is 1. The molecule has 21 heavy (non-hydrogen) atoms. The maximum absolute atomic E-state index is 11.8. The van der Waals surface area contributed by atoms with Gasteiger partial charge in [0.05, 0.1) is 7.11 Å². The van der Waals surface area contributed by atoms with Crippen molar-refractivity contribution >= 4 is 29.4 Å². The highest BCUT2D eigenvalue weighted by atomic mass is 32.2. The van der Waals surface area contributed by atoms with E-state index in [1.54, 1.807) is 49.2 Å². The van der Waals surface area contributed by atoms with E-state index in [1.165, 1.54) is 11.0 Å². The summed E-state index contributed by atoms with van der Waals surface area (Å²) in [5.74, 6) is 0.603. The van der Waals surface area contributed by atoms with Gasteiger partial charge in [0.2, 0.25) is 5.91 Å². The number of thioether (sulfide) groups is 1. The average molecular weight is 299 g/mol. The zero-order valence-electron chi connectivity index (χ0n) is 12.0. The van der Waals surface area contributed by atoms with Crippen molar-refractivity contribution in [1.29, 1.82) is 0 Å². The highest BCUT2D eigenvalue weighted by Gasteiger charge is 1.98. The lowest BCUT2D eigenvalue weighted by atomic mass is 10.2. The van der Waals surface area contributed by atoms with Crippen LogP contribution in [-0.2, 0) is 4.79 Å². The Labute approximate surface area is 129 Å². The molecular formula is C17H17NO2S. The van der Waals surface area contributed by atoms with Gasteiger partial charge in [0.15, 0.2) is 0 Å². The second-order valence-corrected chi connectivity index (χ2v) is 5.20. The zero-order chi connectivity index (χ0) is 15.1. The van der Waals surface area contributed by atoms with Gasteiger partial charge in [-0.15, -0.1) is 11.8 Å². The summed E-state index contributed by atoms with van der Waals surface area (Å²) in [7, 11) is 1.61. The third-order valence-electron chi connectivity index (χ3n) is 2.90. The van der Waals surface area contributed by atoms with E-state index in [4.69, 9.17) is 4.74 Å². The number of carbonyl (C=O) groups is 1. The van der Waals surface area contributed by atoms with Crippen LogP contribution in [0, 0.1) is 0 Å². The fourth-order valence-electron chi connectivity index (χ4n) is 1.75. The maximum atomic E-state index is 11.8. The Kier molecular flexibility index (Phi) is 5.46. The van der Waals surface area contributed by atoms with Crippen LogP contribution in [0.15, 0.2) is 59.5 Å². The van der Waals surface area contributed by atoms with Crippen molar-refractivity contribution < 1.29 is 9.53 Å². The van der Waals surface area contributed by atoms with Gasteiger partial charge < -0.3 is 10.1 Å². The molecule has 2 aromatic carbocycles. The largest absolute Gasteiger partial charge is 0.497 e. The molecule has 0 spiro atoms. The minimum atomic E-state index is -0.158. The van der Waals surface area contributed by atoms with Crippen LogP contribution >= 0.6 is 11.8 Å². The van der Waals surface area contributed by atoms with E-state index in [0.29, 0.717) is 0 Å². The predicted molar refractivity (Wildman–Crippen MR) is 88.9 cm³/mol. The van der Waals surface area contributed by atoms with Crippen LogP contribution < -0.4 is 10.1 Å². The molecule has 0 unspecified atom stereocenters. The van der Waals surface area contributed by atoms with Crippen molar-refractivity contribution in [2.45, 2.75) is 4.90 Å². The number of benzene rings is 2. The highest BCUT2D eigenvalue weighted by molar-refractivity contribution is 7.98.